The van der Waals surface area contributed by atoms with E-state index < -0.39 is 20.0 Å². The molecule has 0 spiro atoms. The minimum absolute atomic E-state index is 0.0190. The largest absolute Gasteiger partial charge is 0.280 e. The van der Waals surface area contributed by atoms with E-state index in [2.05, 4.69) is 19.6 Å². The lowest BCUT2D eigenvalue weighted by Gasteiger charge is -2.10. The van der Waals surface area contributed by atoms with Gasteiger partial charge in [-0.3, -0.25) is 9.44 Å². The van der Waals surface area contributed by atoms with E-state index in [0.717, 1.165) is 22.5 Å². The van der Waals surface area contributed by atoms with Crippen molar-refractivity contribution in [2.75, 3.05) is 9.44 Å². The fourth-order valence-corrected chi connectivity index (χ4v) is 5.27. The zero-order valence-electron chi connectivity index (χ0n) is 15.3. The summed E-state index contributed by atoms with van der Waals surface area (Å²) in [5.74, 6) is 0. The summed E-state index contributed by atoms with van der Waals surface area (Å²) in [5, 5.41) is 8.28. The number of anilines is 2. The molecule has 0 amide bonds. The Morgan fingerprint density at radius 2 is 1.36 bits per heavy atom. The average Bonchev–Trinajstić information content (AvgIpc) is 3.01. The van der Waals surface area contributed by atoms with Crippen molar-refractivity contribution in [1.82, 2.24) is 10.2 Å². The number of sulfonamides is 2. The summed E-state index contributed by atoms with van der Waals surface area (Å²) < 4.78 is 54.6. The van der Waals surface area contributed by atoms with Crippen molar-refractivity contribution >= 4 is 42.2 Å². The van der Waals surface area contributed by atoms with Crippen LogP contribution >= 0.6 is 11.3 Å². The highest BCUT2D eigenvalue weighted by molar-refractivity contribution is 7.93. The van der Waals surface area contributed by atoms with Crippen LogP contribution in [0.25, 0.3) is 0 Å². The summed E-state index contributed by atoms with van der Waals surface area (Å²) in [4.78, 5) is 0.120. The van der Waals surface area contributed by atoms with Gasteiger partial charge in [0.1, 0.15) is 5.01 Å². The third-order valence-corrected chi connectivity index (χ3v) is 7.57. The highest BCUT2D eigenvalue weighted by Crippen LogP contribution is 2.22. The molecular weight excluding hydrogens is 420 g/mol. The number of aryl methyl sites for hydroxylation is 3. The Bertz CT molecular complexity index is 1220. The fourth-order valence-electron chi connectivity index (χ4n) is 2.31. The van der Waals surface area contributed by atoms with Crippen molar-refractivity contribution in [2.24, 2.45) is 0 Å². The standard InChI is InChI=1S/C17H18N4O4S3/c1-11-4-7-16(10-12(11)2)28(24,25)20-14-5-8-15(9-6-14)27(22,23)21-17-19-18-13(3)26-17/h4-10,20H,1-3H3,(H,19,21). The zero-order valence-corrected chi connectivity index (χ0v) is 17.7. The van der Waals surface area contributed by atoms with Gasteiger partial charge in [0, 0.05) is 5.69 Å². The first-order chi connectivity index (χ1) is 13.1. The Kier molecular flexibility index (Phi) is 5.41. The molecule has 2 aromatic carbocycles. The van der Waals surface area contributed by atoms with Gasteiger partial charge in [0.05, 0.1) is 9.79 Å². The van der Waals surface area contributed by atoms with Gasteiger partial charge < -0.3 is 0 Å². The first-order valence-electron chi connectivity index (χ1n) is 8.10. The molecule has 0 unspecified atom stereocenters. The second-order valence-corrected chi connectivity index (χ2v) is 10.7. The lowest BCUT2D eigenvalue weighted by molar-refractivity contribution is 0.600. The molecule has 0 aliphatic carbocycles. The molecule has 0 aliphatic rings. The van der Waals surface area contributed by atoms with Crippen LogP contribution in [0.4, 0.5) is 10.8 Å². The third kappa shape index (κ3) is 4.49. The van der Waals surface area contributed by atoms with Crippen molar-refractivity contribution in [2.45, 2.75) is 30.6 Å². The van der Waals surface area contributed by atoms with Gasteiger partial charge >= 0.3 is 0 Å². The van der Waals surface area contributed by atoms with Crippen LogP contribution in [-0.2, 0) is 20.0 Å². The first kappa shape index (κ1) is 20.2. The third-order valence-electron chi connectivity index (χ3n) is 3.95. The maximum Gasteiger partial charge on any atom is 0.263 e. The fraction of sp³-hybridized carbons (Fsp3) is 0.176. The molecule has 0 aliphatic heterocycles. The number of hydrogen-bond donors (Lipinski definition) is 2. The van der Waals surface area contributed by atoms with E-state index in [1.54, 1.807) is 19.1 Å². The van der Waals surface area contributed by atoms with Gasteiger partial charge in [0.2, 0.25) is 5.13 Å². The van der Waals surface area contributed by atoms with Gasteiger partial charge in [-0.1, -0.05) is 17.4 Å². The summed E-state index contributed by atoms with van der Waals surface area (Å²) in [7, 11) is -7.62. The van der Waals surface area contributed by atoms with Crippen LogP contribution in [0.5, 0.6) is 0 Å². The molecule has 1 heterocycles. The molecule has 3 aromatic rings. The number of rotatable bonds is 6. The second kappa shape index (κ2) is 7.49. The molecule has 0 saturated carbocycles. The highest BCUT2D eigenvalue weighted by atomic mass is 32.2. The molecule has 0 fully saturated rings. The first-order valence-corrected chi connectivity index (χ1v) is 11.9. The van der Waals surface area contributed by atoms with Crippen molar-refractivity contribution in [3.8, 4) is 0 Å². The van der Waals surface area contributed by atoms with E-state index in [-0.39, 0.29) is 20.6 Å². The van der Waals surface area contributed by atoms with Gasteiger partial charge in [0.25, 0.3) is 20.0 Å². The molecule has 148 valence electrons. The van der Waals surface area contributed by atoms with E-state index >= 15 is 0 Å². The molecule has 0 bridgehead atoms. The number of nitrogens with one attached hydrogen (secondary N) is 2. The summed E-state index contributed by atoms with van der Waals surface area (Å²) in [6.07, 6.45) is 0. The zero-order chi connectivity index (χ0) is 20.5. The molecule has 2 N–H and O–H groups in total. The molecule has 8 nitrogen and oxygen atoms in total. The van der Waals surface area contributed by atoms with E-state index in [1.807, 2.05) is 13.8 Å². The Morgan fingerprint density at radius 1 is 0.750 bits per heavy atom. The van der Waals surface area contributed by atoms with Crippen LogP contribution < -0.4 is 9.44 Å². The van der Waals surface area contributed by atoms with Crippen LogP contribution in [0.3, 0.4) is 0 Å². The van der Waals surface area contributed by atoms with Crippen molar-refractivity contribution < 1.29 is 16.8 Å². The van der Waals surface area contributed by atoms with Gasteiger partial charge in [-0.2, -0.15) is 0 Å². The number of benzene rings is 2. The van der Waals surface area contributed by atoms with Crippen molar-refractivity contribution in [3.05, 3.63) is 58.6 Å². The van der Waals surface area contributed by atoms with Crippen molar-refractivity contribution in [3.63, 3.8) is 0 Å². The molecule has 0 saturated heterocycles. The Hall–Kier alpha value is -2.50. The highest BCUT2D eigenvalue weighted by Gasteiger charge is 2.18. The number of nitrogens with zero attached hydrogens (tertiary/aromatic N) is 2. The maximum absolute atomic E-state index is 12.5. The van der Waals surface area contributed by atoms with Gasteiger partial charge in [-0.15, -0.1) is 10.2 Å². The molecule has 11 heteroatoms. The minimum Gasteiger partial charge on any atom is -0.280 e. The van der Waals surface area contributed by atoms with Crippen LogP contribution in [0.1, 0.15) is 16.1 Å². The summed E-state index contributed by atoms with van der Waals surface area (Å²) in [5.41, 5.74) is 2.11. The van der Waals surface area contributed by atoms with Crippen LogP contribution in [-0.4, -0.2) is 27.0 Å². The Morgan fingerprint density at radius 3 is 1.93 bits per heavy atom. The average molecular weight is 439 g/mol. The Labute approximate surface area is 167 Å². The van der Waals surface area contributed by atoms with Crippen molar-refractivity contribution in [1.29, 1.82) is 0 Å². The smallest absolute Gasteiger partial charge is 0.263 e. The van der Waals surface area contributed by atoms with E-state index in [0.29, 0.717) is 5.01 Å². The van der Waals surface area contributed by atoms with Crippen LogP contribution in [0.2, 0.25) is 0 Å². The summed E-state index contributed by atoms with van der Waals surface area (Å²) in [6.45, 7) is 5.45. The minimum atomic E-state index is -3.84. The predicted molar refractivity (Wildman–Crippen MR) is 109 cm³/mol. The number of hydrogen-bond acceptors (Lipinski definition) is 7. The molecule has 28 heavy (non-hydrogen) atoms. The van der Waals surface area contributed by atoms with E-state index in [9.17, 15) is 16.8 Å². The normalized spacial score (nSPS) is 12.0. The second-order valence-electron chi connectivity index (χ2n) is 6.11. The molecular formula is C17H18N4O4S3. The molecule has 0 atom stereocenters. The van der Waals surface area contributed by atoms with E-state index in [4.69, 9.17) is 0 Å². The lowest BCUT2D eigenvalue weighted by atomic mass is 10.1. The topological polar surface area (TPSA) is 118 Å². The molecule has 0 radical (unpaired) electrons. The maximum atomic E-state index is 12.5. The summed E-state index contributed by atoms with van der Waals surface area (Å²) in [6, 6.07) is 10.3. The van der Waals surface area contributed by atoms with Gasteiger partial charge in [-0.05, 0) is 68.3 Å². The van der Waals surface area contributed by atoms with Crippen LogP contribution in [0.15, 0.2) is 52.3 Å². The number of aromatic nitrogens is 2. The van der Waals surface area contributed by atoms with Gasteiger partial charge in [0.15, 0.2) is 0 Å². The Balaban J connectivity index is 1.79. The monoisotopic (exact) mass is 438 g/mol. The SMILES string of the molecule is Cc1nnc(NS(=O)(=O)c2ccc(NS(=O)(=O)c3ccc(C)c(C)c3)cc2)s1. The quantitative estimate of drug-likeness (QED) is 0.611. The lowest BCUT2D eigenvalue weighted by Crippen LogP contribution is -2.14. The van der Waals surface area contributed by atoms with Crippen LogP contribution in [0, 0.1) is 20.8 Å². The molecule has 3 rings (SSSR count). The predicted octanol–water partition coefficient (Wildman–Crippen LogP) is 3.06. The summed E-state index contributed by atoms with van der Waals surface area (Å²) >= 11 is 1.12. The van der Waals surface area contributed by atoms with Gasteiger partial charge in [-0.25, -0.2) is 16.8 Å². The molecule has 1 aromatic heterocycles. The van der Waals surface area contributed by atoms with E-state index in [1.165, 1.54) is 30.3 Å².